The van der Waals surface area contributed by atoms with Crippen LogP contribution in [0.25, 0.3) is 10.9 Å². The Bertz CT molecular complexity index is 960. The molecule has 5 atom stereocenters. The second kappa shape index (κ2) is 11.1. The first-order valence-electron chi connectivity index (χ1n) is 10.6. The molecule has 0 aliphatic carbocycles. The van der Waals surface area contributed by atoms with E-state index in [1.807, 2.05) is 26.4 Å². The fraction of sp³-hybridized carbons (Fsp3) is 0.545. The molecule has 11 nitrogen and oxygen atoms in total. The number of aromatic amines is 1. The van der Waals surface area contributed by atoms with Crippen LogP contribution in [-0.2, 0) is 25.5 Å². The van der Waals surface area contributed by atoms with Gasteiger partial charge in [0.1, 0.15) is 36.8 Å². The third-order valence-corrected chi connectivity index (χ3v) is 5.43. The second-order valence-corrected chi connectivity index (χ2v) is 8.24. The molecule has 11 heteroatoms. The van der Waals surface area contributed by atoms with E-state index in [2.05, 4.69) is 9.88 Å². The lowest BCUT2D eigenvalue weighted by Gasteiger charge is -2.37. The van der Waals surface area contributed by atoms with Gasteiger partial charge in [-0.25, -0.2) is 0 Å². The third kappa shape index (κ3) is 6.28. The molecule has 0 bridgehead atoms. The molecule has 1 aromatic carbocycles. The van der Waals surface area contributed by atoms with Gasteiger partial charge in [0, 0.05) is 23.6 Å². The number of hydrogen-bond donors (Lipinski definition) is 5. The fourth-order valence-electron chi connectivity index (χ4n) is 3.54. The van der Waals surface area contributed by atoms with Crippen molar-refractivity contribution in [2.24, 2.45) is 0 Å². The number of hydrogen-bond acceptors (Lipinski definition) is 10. The van der Waals surface area contributed by atoms with Gasteiger partial charge in [-0.2, -0.15) is 0 Å². The Kier molecular flexibility index (Phi) is 8.40. The molecule has 2 aromatic rings. The van der Waals surface area contributed by atoms with Gasteiger partial charge in [-0.05, 0) is 38.2 Å². The average molecular weight is 466 g/mol. The maximum Gasteiger partial charge on any atom is 0.311 e. The number of benzene rings is 1. The molecule has 2 heterocycles. The molecule has 1 aromatic heterocycles. The number of nitrogens with zero attached hydrogens (tertiary/aromatic N) is 1. The van der Waals surface area contributed by atoms with Gasteiger partial charge in [-0.3, -0.25) is 9.59 Å². The number of rotatable bonds is 9. The minimum Gasteiger partial charge on any atom is -0.463 e. The highest BCUT2D eigenvalue weighted by Crippen LogP contribution is 2.29. The summed E-state index contributed by atoms with van der Waals surface area (Å²) in [5, 5.41) is 39.3. The van der Waals surface area contributed by atoms with Crippen molar-refractivity contribution in [2.75, 3.05) is 27.2 Å². The fourth-order valence-corrected chi connectivity index (χ4v) is 3.54. The Morgan fingerprint density at radius 1 is 1.06 bits per heavy atom. The van der Waals surface area contributed by atoms with Gasteiger partial charge >= 0.3 is 11.9 Å². The van der Waals surface area contributed by atoms with E-state index < -0.39 is 49.3 Å². The van der Waals surface area contributed by atoms with Crippen molar-refractivity contribution in [1.82, 2.24) is 9.88 Å². The van der Waals surface area contributed by atoms with Crippen LogP contribution in [0.1, 0.15) is 18.4 Å². The molecule has 0 spiro atoms. The molecular weight excluding hydrogens is 436 g/mol. The lowest BCUT2D eigenvalue weighted by Crippen LogP contribution is -2.58. The minimum absolute atomic E-state index is 0.231. The molecule has 0 saturated carbocycles. The number of nitrogens with one attached hydrogen (secondary N) is 1. The average Bonchev–Trinajstić information content (AvgIpc) is 3.20. The van der Waals surface area contributed by atoms with Crippen molar-refractivity contribution in [3.8, 4) is 5.75 Å². The van der Waals surface area contributed by atoms with Crippen LogP contribution >= 0.6 is 0 Å². The maximum atomic E-state index is 12.3. The summed E-state index contributed by atoms with van der Waals surface area (Å²) in [5.74, 6) is -0.951. The van der Waals surface area contributed by atoms with Crippen LogP contribution in [0.15, 0.2) is 24.4 Å². The number of aliphatic hydroxyl groups excluding tert-OH is 4. The Morgan fingerprint density at radius 3 is 2.52 bits per heavy atom. The van der Waals surface area contributed by atoms with Gasteiger partial charge < -0.3 is 44.5 Å². The van der Waals surface area contributed by atoms with Gasteiger partial charge in [0.15, 0.2) is 6.29 Å². The summed E-state index contributed by atoms with van der Waals surface area (Å²) in [6.07, 6.45) is -5.66. The largest absolute Gasteiger partial charge is 0.463 e. The standard InChI is InChI=1S/C22H30N2O9/c1-24(2)9-8-12-10-23-13-4-3-5-14(18(12)13)32-17(26)7-6-16(25)31-11-15-19(27)20(28)21(29)22(30)33-15/h3-5,10,15,19-23,27-30H,6-9,11H2,1-2H3/t15?,19?,20-,21+,22?/m0/s1. The summed E-state index contributed by atoms with van der Waals surface area (Å²) in [6.45, 7) is 0.362. The van der Waals surface area contributed by atoms with E-state index in [4.69, 9.17) is 14.2 Å². The van der Waals surface area contributed by atoms with Crippen molar-refractivity contribution >= 4 is 22.8 Å². The summed E-state index contributed by atoms with van der Waals surface area (Å²) >= 11 is 0. The van der Waals surface area contributed by atoms with Crippen molar-refractivity contribution in [3.63, 3.8) is 0 Å². The predicted molar refractivity (Wildman–Crippen MR) is 115 cm³/mol. The number of likely N-dealkylation sites (N-methyl/N-ethyl adjacent to an activating group) is 1. The summed E-state index contributed by atoms with van der Waals surface area (Å²) < 4.78 is 15.4. The minimum atomic E-state index is -1.72. The lowest BCUT2D eigenvalue weighted by atomic mass is 9.99. The third-order valence-electron chi connectivity index (χ3n) is 5.43. The molecule has 1 aliphatic rings. The zero-order valence-electron chi connectivity index (χ0n) is 18.5. The summed E-state index contributed by atoms with van der Waals surface area (Å²) in [4.78, 5) is 29.6. The van der Waals surface area contributed by atoms with E-state index in [0.29, 0.717) is 5.75 Å². The molecular formula is C22H30N2O9. The quantitative estimate of drug-likeness (QED) is 0.236. The van der Waals surface area contributed by atoms with Crippen molar-refractivity contribution in [2.45, 2.75) is 50.0 Å². The number of fused-ring (bicyclic) bond motifs is 1. The van der Waals surface area contributed by atoms with Gasteiger partial charge in [-0.1, -0.05) is 6.07 Å². The van der Waals surface area contributed by atoms with Crippen molar-refractivity contribution < 1.29 is 44.2 Å². The second-order valence-electron chi connectivity index (χ2n) is 8.24. The molecule has 1 aliphatic heterocycles. The lowest BCUT2D eigenvalue weighted by molar-refractivity contribution is -0.287. The van der Waals surface area contributed by atoms with Crippen molar-refractivity contribution in [3.05, 3.63) is 30.0 Å². The van der Waals surface area contributed by atoms with Crippen LogP contribution in [0.2, 0.25) is 0 Å². The SMILES string of the molecule is CN(C)CCc1c[nH]c2cccc(OC(=O)CCC(=O)OCC3OC(O)[C@H](O)[C@@H](O)C3O)c12. The Balaban J connectivity index is 1.51. The van der Waals surface area contributed by atoms with Gasteiger partial charge in [0.2, 0.25) is 0 Å². The molecule has 3 unspecified atom stereocenters. The Hall–Kier alpha value is -2.54. The highest BCUT2D eigenvalue weighted by Gasteiger charge is 2.43. The predicted octanol–water partition coefficient (Wildman–Crippen LogP) is -0.699. The maximum absolute atomic E-state index is 12.3. The number of carbonyl (C=O) groups is 2. The molecule has 33 heavy (non-hydrogen) atoms. The number of H-pyrrole nitrogens is 1. The number of carbonyl (C=O) groups excluding carboxylic acids is 2. The van der Waals surface area contributed by atoms with E-state index in [9.17, 15) is 30.0 Å². The molecule has 1 saturated heterocycles. The topological polar surface area (TPSA) is 162 Å². The smallest absolute Gasteiger partial charge is 0.311 e. The Morgan fingerprint density at radius 2 is 1.79 bits per heavy atom. The number of esters is 2. The van der Waals surface area contributed by atoms with Crippen LogP contribution in [-0.4, -0.2) is 100 Å². The summed E-state index contributed by atoms with van der Waals surface area (Å²) in [5.41, 5.74) is 1.86. The highest BCUT2D eigenvalue weighted by molar-refractivity contribution is 5.91. The zero-order chi connectivity index (χ0) is 24.1. The first kappa shape index (κ1) is 25.1. The van der Waals surface area contributed by atoms with Crippen LogP contribution in [0, 0.1) is 0 Å². The van der Waals surface area contributed by atoms with Crippen LogP contribution in [0.3, 0.4) is 0 Å². The van der Waals surface area contributed by atoms with E-state index in [0.717, 1.165) is 29.4 Å². The molecule has 1 fully saturated rings. The van der Waals surface area contributed by atoms with E-state index in [1.165, 1.54) is 0 Å². The monoisotopic (exact) mass is 466 g/mol. The summed E-state index contributed by atoms with van der Waals surface area (Å²) in [7, 11) is 3.95. The molecule has 5 N–H and O–H groups in total. The normalized spacial score (nSPS) is 25.4. The Labute approximate surface area is 190 Å². The van der Waals surface area contributed by atoms with Gasteiger partial charge in [-0.15, -0.1) is 0 Å². The number of aromatic nitrogens is 1. The first-order chi connectivity index (χ1) is 15.7. The van der Waals surface area contributed by atoms with E-state index in [1.54, 1.807) is 12.1 Å². The molecule has 3 rings (SSSR count). The van der Waals surface area contributed by atoms with E-state index >= 15 is 0 Å². The first-order valence-corrected chi connectivity index (χ1v) is 10.6. The van der Waals surface area contributed by atoms with Crippen molar-refractivity contribution in [1.29, 1.82) is 0 Å². The molecule has 182 valence electrons. The summed E-state index contributed by atoms with van der Waals surface area (Å²) in [6, 6.07) is 5.34. The van der Waals surface area contributed by atoms with Gasteiger partial charge in [0.25, 0.3) is 0 Å². The van der Waals surface area contributed by atoms with Crippen LogP contribution < -0.4 is 4.74 Å². The number of ether oxygens (including phenoxy) is 3. The van der Waals surface area contributed by atoms with Crippen LogP contribution in [0.4, 0.5) is 0 Å². The van der Waals surface area contributed by atoms with Crippen LogP contribution in [0.5, 0.6) is 5.75 Å². The zero-order valence-corrected chi connectivity index (χ0v) is 18.5. The highest BCUT2D eigenvalue weighted by atomic mass is 16.6. The molecule has 0 radical (unpaired) electrons. The number of aliphatic hydroxyl groups is 4. The molecule has 0 amide bonds. The van der Waals surface area contributed by atoms with Gasteiger partial charge in [0.05, 0.1) is 12.8 Å². The van der Waals surface area contributed by atoms with E-state index in [-0.39, 0.29) is 12.8 Å².